The fourth-order valence-corrected chi connectivity index (χ4v) is 3.60. The number of alkyl halides is 1. The van der Waals surface area contributed by atoms with E-state index in [9.17, 15) is 0 Å². The van der Waals surface area contributed by atoms with Gasteiger partial charge in [-0.05, 0) is 44.4 Å². The quantitative estimate of drug-likeness (QED) is 0.861. The van der Waals surface area contributed by atoms with Crippen molar-refractivity contribution in [3.8, 4) is 11.4 Å². The van der Waals surface area contributed by atoms with Crippen LogP contribution in [0.3, 0.4) is 0 Å². The number of pyridine rings is 1. The molecule has 7 heteroatoms. The fourth-order valence-electron chi connectivity index (χ4n) is 3.60. The third kappa shape index (κ3) is 3.06. The van der Waals surface area contributed by atoms with Crippen LogP contribution in [-0.4, -0.2) is 52.4 Å². The Morgan fingerprint density at radius 1 is 1.29 bits per heavy atom. The predicted molar refractivity (Wildman–Crippen MR) is 85.0 cm³/mol. The Bertz CT molecular complexity index is 674. The summed E-state index contributed by atoms with van der Waals surface area (Å²) >= 11 is 0. The van der Waals surface area contributed by atoms with Crippen LogP contribution in [0.4, 0.5) is 4.39 Å². The SMILES string of the molecule is FC1(c2nc(-c3cccnc3)no2)CCCN(C2CCOCC2)C1. The number of piperidine rings is 1. The lowest BCUT2D eigenvalue weighted by Crippen LogP contribution is -2.50. The molecule has 0 aliphatic carbocycles. The molecular formula is C17H21FN4O2. The molecule has 1 unspecified atom stereocenters. The van der Waals surface area contributed by atoms with Gasteiger partial charge >= 0.3 is 0 Å². The van der Waals surface area contributed by atoms with E-state index in [1.165, 1.54) is 0 Å². The van der Waals surface area contributed by atoms with Crippen LogP contribution in [0.15, 0.2) is 29.0 Å². The van der Waals surface area contributed by atoms with E-state index in [1.807, 2.05) is 6.07 Å². The van der Waals surface area contributed by atoms with Crippen LogP contribution in [0.1, 0.15) is 31.6 Å². The van der Waals surface area contributed by atoms with Gasteiger partial charge < -0.3 is 9.26 Å². The van der Waals surface area contributed by atoms with E-state index in [-0.39, 0.29) is 5.89 Å². The zero-order valence-electron chi connectivity index (χ0n) is 13.5. The summed E-state index contributed by atoms with van der Waals surface area (Å²) in [7, 11) is 0. The van der Waals surface area contributed by atoms with Gasteiger partial charge in [0.05, 0.1) is 0 Å². The van der Waals surface area contributed by atoms with E-state index in [4.69, 9.17) is 9.26 Å². The zero-order chi connectivity index (χ0) is 16.4. The molecule has 2 aromatic rings. The highest BCUT2D eigenvalue weighted by atomic mass is 19.1. The number of hydrogen-bond acceptors (Lipinski definition) is 6. The topological polar surface area (TPSA) is 64.3 Å². The lowest BCUT2D eigenvalue weighted by Gasteiger charge is -2.41. The number of ether oxygens (including phenoxy) is 1. The highest BCUT2D eigenvalue weighted by Gasteiger charge is 2.44. The van der Waals surface area contributed by atoms with Gasteiger partial charge in [0.25, 0.3) is 5.89 Å². The molecule has 2 aliphatic heterocycles. The van der Waals surface area contributed by atoms with Gasteiger partial charge in [-0.15, -0.1) is 0 Å². The monoisotopic (exact) mass is 332 g/mol. The molecule has 24 heavy (non-hydrogen) atoms. The van der Waals surface area contributed by atoms with Crippen LogP contribution in [0.25, 0.3) is 11.4 Å². The molecule has 2 aromatic heterocycles. The van der Waals surface area contributed by atoms with Crippen molar-refractivity contribution in [3.63, 3.8) is 0 Å². The largest absolute Gasteiger partial charge is 0.381 e. The first kappa shape index (κ1) is 15.7. The predicted octanol–water partition coefficient (Wildman–Crippen LogP) is 2.57. The number of aromatic nitrogens is 3. The summed E-state index contributed by atoms with van der Waals surface area (Å²) in [6.07, 6.45) is 6.45. The third-order valence-corrected chi connectivity index (χ3v) is 4.91. The molecule has 128 valence electrons. The van der Waals surface area contributed by atoms with Gasteiger partial charge in [-0.3, -0.25) is 9.88 Å². The molecule has 2 saturated heterocycles. The van der Waals surface area contributed by atoms with Crippen molar-refractivity contribution in [2.24, 2.45) is 0 Å². The first-order chi connectivity index (χ1) is 11.7. The molecule has 0 saturated carbocycles. The molecule has 0 N–H and O–H groups in total. The van der Waals surface area contributed by atoms with E-state index in [0.29, 0.717) is 24.8 Å². The lowest BCUT2D eigenvalue weighted by molar-refractivity contribution is -0.0324. The Balaban J connectivity index is 1.53. The maximum Gasteiger partial charge on any atom is 0.265 e. The van der Waals surface area contributed by atoms with E-state index >= 15 is 4.39 Å². The molecule has 1 atom stereocenters. The highest BCUT2D eigenvalue weighted by molar-refractivity contribution is 5.52. The number of nitrogens with zero attached hydrogens (tertiary/aromatic N) is 4. The minimum Gasteiger partial charge on any atom is -0.381 e. The molecule has 4 rings (SSSR count). The minimum absolute atomic E-state index is 0.0816. The van der Waals surface area contributed by atoms with Crippen molar-refractivity contribution < 1.29 is 13.7 Å². The number of hydrogen-bond donors (Lipinski definition) is 0. The summed E-state index contributed by atoms with van der Waals surface area (Å²) in [5, 5.41) is 3.94. The Hall–Kier alpha value is -1.86. The maximum absolute atomic E-state index is 15.6. The molecule has 0 radical (unpaired) electrons. The van der Waals surface area contributed by atoms with Gasteiger partial charge in [-0.2, -0.15) is 4.98 Å². The van der Waals surface area contributed by atoms with E-state index in [0.717, 1.165) is 44.6 Å². The van der Waals surface area contributed by atoms with Gasteiger partial charge in [-0.25, -0.2) is 4.39 Å². The van der Waals surface area contributed by atoms with Crippen molar-refractivity contribution in [2.45, 2.75) is 37.4 Å². The molecule has 0 aromatic carbocycles. The van der Waals surface area contributed by atoms with Gasteiger partial charge in [0.15, 0.2) is 0 Å². The lowest BCUT2D eigenvalue weighted by atomic mass is 9.92. The molecule has 2 aliphatic rings. The van der Waals surface area contributed by atoms with Crippen LogP contribution < -0.4 is 0 Å². The minimum atomic E-state index is -1.58. The Morgan fingerprint density at radius 2 is 2.17 bits per heavy atom. The normalized spacial score (nSPS) is 26.5. The molecule has 4 heterocycles. The molecule has 2 fully saturated rings. The van der Waals surface area contributed by atoms with Crippen LogP contribution in [0.2, 0.25) is 0 Å². The van der Waals surface area contributed by atoms with Crippen LogP contribution in [0.5, 0.6) is 0 Å². The van der Waals surface area contributed by atoms with E-state index < -0.39 is 5.67 Å². The summed E-state index contributed by atoms with van der Waals surface area (Å²) in [5.41, 5.74) is -0.850. The van der Waals surface area contributed by atoms with Crippen LogP contribution in [0, 0.1) is 0 Å². The summed E-state index contributed by atoms with van der Waals surface area (Å²) in [4.78, 5) is 10.6. The van der Waals surface area contributed by atoms with Crippen molar-refractivity contribution in [1.82, 2.24) is 20.0 Å². The van der Waals surface area contributed by atoms with Gasteiger partial charge in [0.1, 0.15) is 0 Å². The maximum atomic E-state index is 15.6. The summed E-state index contributed by atoms with van der Waals surface area (Å²) in [6.45, 7) is 2.74. The highest BCUT2D eigenvalue weighted by Crippen LogP contribution is 2.37. The fraction of sp³-hybridized carbons (Fsp3) is 0.588. The molecule has 0 bridgehead atoms. The van der Waals surface area contributed by atoms with Crippen molar-refractivity contribution in [2.75, 3.05) is 26.3 Å². The Labute approximate surface area is 140 Å². The Morgan fingerprint density at radius 3 is 2.96 bits per heavy atom. The summed E-state index contributed by atoms with van der Waals surface area (Å²) < 4.78 is 26.2. The van der Waals surface area contributed by atoms with Gasteiger partial charge in [0.2, 0.25) is 11.5 Å². The summed E-state index contributed by atoms with van der Waals surface area (Å²) in [6, 6.07) is 4.01. The molecular weight excluding hydrogens is 311 g/mol. The average Bonchev–Trinajstić information content (AvgIpc) is 3.14. The van der Waals surface area contributed by atoms with Crippen LogP contribution >= 0.6 is 0 Å². The molecule has 0 spiro atoms. The molecule has 6 nitrogen and oxygen atoms in total. The number of likely N-dealkylation sites (tertiary alicyclic amines) is 1. The van der Waals surface area contributed by atoms with Crippen molar-refractivity contribution >= 4 is 0 Å². The first-order valence-electron chi connectivity index (χ1n) is 8.50. The zero-order valence-corrected chi connectivity index (χ0v) is 13.5. The second kappa shape index (κ2) is 6.57. The number of halogens is 1. The van der Waals surface area contributed by atoms with E-state index in [2.05, 4.69) is 20.0 Å². The standard InChI is InChI=1S/C17H21FN4O2/c18-17(6-2-8-22(12-17)14-4-9-23-10-5-14)16-20-15(21-24-16)13-3-1-7-19-11-13/h1,3,7,11,14H,2,4-6,8-10,12H2. The van der Waals surface area contributed by atoms with Gasteiger partial charge in [-0.1, -0.05) is 5.16 Å². The number of rotatable bonds is 3. The van der Waals surface area contributed by atoms with Crippen molar-refractivity contribution in [1.29, 1.82) is 0 Å². The Kier molecular flexibility index (Phi) is 4.28. The van der Waals surface area contributed by atoms with Crippen LogP contribution in [-0.2, 0) is 10.4 Å². The second-order valence-electron chi connectivity index (χ2n) is 6.55. The van der Waals surface area contributed by atoms with Gasteiger partial charge in [0, 0.05) is 43.8 Å². The third-order valence-electron chi connectivity index (χ3n) is 4.91. The average molecular weight is 332 g/mol. The smallest absolute Gasteiger partial charge is 0.265 e. The molecule has 0 amide bonds. The van der Waals surface area contributed by atoms with E-state index in [1.54, 1.807) is 18.5 Å². The summed E-state index contributed by atoms with van der Waals surface area (Å²) in [5.74, 6) is 0.469. The second-order valence-corrected chi connectivity index (χ2v) is 6.55. The van der Waals surface area contributed by atoms with Crippen molar-refractivity contribution in [3.05, 3.63) is 30.4 Å². The first-order valence-corrected chi connectivity index (χ1v) is 8.50.